The van der Waals surface area contributed by atoms with Crippen molar-refractivity contribution in [2.45, 2.75) is 6.54 Å². The van der Waals surface area contributed by atoms with E-state index in [1.807, 2.05) is 0 Å². The second-order valence-corrected chi connectivity index (χ2v) is 6.40. The minimum Gasteiger partial charge on any atom is -0.326 e. The van der Waals surface area contributed by atoms with Crippen molar-refractivity contribution in [2.75, 3.05) is 0 Å². The van der Waals surface area contributed by atoms with Crippen LogP contribution in [0.5, 0.6) is 0 Å². The number of rotatable bonds is 3. The standard InChI is InChI=1S/C13H11NS3/c14-8-9-3-6-16-12(9)10-4-7-17-13(10)11-2-1-5-15-11/h1-7H,8,14H2. The average molecular weight is 277 g/mol. The molecule has 3 aromatic rings. The van der Waals surface area contributed by atoms with Gasteiger partial charge < -0.3 is 5.73 Å². The molecule has 0 bridgehead atoms. The Morgan fingerprint density at radius 1 is 0.882 bits per heavy atom. The fourth-order valence-corrected chi connectivity index (χ4v) is 4.64. The molecule has 0 saturated heterocycles. The molecule has 0 amide bonds. The highest BCUT2D eigenvalue weighted by molar-refractivity contribution is 7.21. The molecule has 0 aliphatic carbocycles. The average Bonchev–Trinajstić information content (AvgIpc) is 3.09. The van der Waals surface area contributed by atoms with Crippen LogP contribution in [0.15, 0.2) is 40.4 Å². The molecule has 1 nitrogen and oxygen atoms in total. The number of nitrogens with two attached hydrogens (primary N) is 1. The lowest BCUT2D eigenvalue weighted by Gasteiger charge is -2.02. The van der Waals surface area contributed by atoms with Crippen LogP contribution in [-0.2, 0) is 6.54 Å². The lowest BCUT2D eigenvalue weighted by atomic mass is 10.1. The van der Waals surface area contributed by atoms with Crippen molar-refractivity contribution in [2.24, 2.45) is 5.73 Å². The Hall–Kier alpha value is -0.940. The largest absolute Gasteiger partial charge is 0.326 e. The fourth-order valence-electron chi connectivity index (χ4n) is 1.82. The molecule has 0 unspecified atom stereocenters. The van der Waals surface area contributed by atoms with Crippen molar-refractivity contribution < 1.29 is 0 Å². The van der Waals surface area contributed by atoms with Gasteiger partial charge in [0, 0.05) is 21.9 Å². The Kier molecular flexibility index (Phi) is 3.11. The van der Waals surface area contributed by atoms with Gasteiger partial charge in [-0.2, -0.15) is 0 Å². The normalized spacial score (nSPS) is 10.9. The van der Waals surface area contributed by atoms with E-state index in [0.29, 0.717) is 6.54 Å². The third-order valence-corrected chi connectivity index (χ3v) is 5.58. The fraction of sp³-hybridized carbons (Fsp3) is 0.0769. The quantitative estimate of drug-likeness (QED) is 0.740. The summed E-state index contributed by atoms with van der Waals surface area (Å²) in [7, 11) is 0. The van der Waals surface area contributed by atoms with Crippen LogP contribution in [0.3, 0.4) is 0 Å². The second kappa shape index (κ2) is 4.74. The van der Waals surface area contributed by atoms with E-state index in [4.69, 9.17) is 5.73 Å². The molecule has 0 aliphatic rings. The maximum atomic E-state index is 5.78. The van der Waals surface area contributed by atoms with E-state index in [1.165, 1.54) is 25.8 Å². The van der Waals surface area contributed by atoms with Gasteiger partial charge in [0.15, 0.2) is 0 Å². The van der Waals surface area contributed by atoms with Gasteiger partial charge in [0.25, 0.3) is 0 Å². The van der Waals surface area contributed by atoms with Crippen LogP contribution in [0.4, 0.5) is 0 Å². The molecule has 0 saturated carbocycles. The monoisotopic (exact) mass is 277 g/mol. The first-order valence-electron chi connectivity index (χ1n) is 5.28. The lowest BCUT2D eigenvalue weighted by Crippen LogP contribution is -1.95. The molecule has 0 fully saturated rings. The van der Waals surface area contributed by atoms with Gasteiger partial charge in [-0.15, -0.1) is 34.0 Å². The van der Waals surface area contributed by atoms with Crippen LogP contribution < -0.4 is 5.73 Å². The van der Waals surface area contributed by atoms with Crippen LogP contribution >= 0.6 is 34.0 Å². The van der Waals surface area contributed by atoms with Crippen LogP contribution in [0.2, 0.25) is 0 Å². The molecule has 17 heavy (non-hydrogen) atoms. The Morgan fingerprint density at radius 2 is 1.71 bits per heavy atom. The molecule has 0 spiro atoms. The SMILES string of the molecule is NCc1ccsc1-c1ccsc1-c1cccs1. The summed E-state index contributed by atoms with van der Waals surface area (Å²) in [5.74, 6) is 0. The molecule has 4 heteroatoms. The van der Waals surface area contributed by atoms with Gasteiger partial charge in [-0.25, -0.2) is 0 Å². The lowest BCUT2D eigenvalue weighted by molar-refractivity contribution is 1.08. The smallest absolute Gasteiger partial charge is 0.0529 e. The molecular formula is C13H11NS3. The third kappa shape index (κ3) is 1.98. The molecule has 0 aliphatic heterocycles. The highest BCUT2D eigenvalue weighted by atomic mass is 32.1. The van der Waals surface area contributed by atoms with E-state index in [1.54, 1.807) is 34.0 Å². The van der Waals surface area contributed by atoms with E-state index in [0.717, 1.165) is 0 Å². The Bertz CT molecular complexity index is 604. The molecule has 0 atom stereocenters. The third-order valence-electron chi connectivity index (χ3n) is 2.62. The molecule has 0 radical (unpaired) electrons. The van der Waals surface area contributed by atoms with E-state index < -0.39 is 0 Å². The Morgan fingerprint density at radius 3 is 2.47 bits per heavy atom. The van der Waals surface area contributed by atoms with Crippen molar-refractivity contribution in [1.82, 2.24) is 0 Å². The van der Waals surface area contributed by atoms with E-state index in [-0.39, 0.29) is 0 Å². The maximum Gasteiger partial charge on any atom is 0.0529 e. The van der Waals surface area contributed by atoms with Crippen LogP contribution in [0.1, 0.15) is 5.56 Å². The first kappa shape index (κ1) is 11.2. The summed E-state index contributed by atoms with van der Waals surface area (Å²) in [4.78, 5) is 4.01. The zero-order chi connectivity index (χ0) is 11.7. The summed E-state index contributed by atoms with van der Waals surface area (Å²) in [5.41, 5.74) is 8.35. The van der Waals surface area contributed by atoms with Crippen LogP contribution in [0, 0.1) is 0 Å². The van der Waals surface area contributed by atoms with Crippen molar-refractivity contribution in [1.29, 1.82) is 0 Å². The van der Waals surface area contributed by atoms with Gasteiger partial charge in [0.2, 0.25) is 0 Å². The van der Waals surface area contributed by atoms with Gasteiger partial charge in [-0.05, 0) is 39.9 Å². The molecule has 86 valence electrons. The van der Waals surface area contributed by atoms with Gasteiger partial charge in [-0.3, -0.25) is 0 Å². The van der Waals surface area contributed by atoms with E-state index >= 15 is 0 Å². The number of hydrogen-bond acceptors (Lipinski definition) is 4. The summed E-state index contributed by atoms with van der Waals surface area (Å²) in [5, 5.41) is 6.40. The van der Waals surface area contributed by atoms with Crippen LogP contribution in [-0.4, -0.2) is 0 Å². The zero-order valence-electron chi connectivity index (χ0n) is 9.05. The first-order chi connectivity index (χ1) is 8.40. The van der Waals surface area contributed by atoms with Gasteiger partial charge in [0.1, 0.15) is 0 Å². The summed E-state index contributed by atoms with van der Waals surface area (Å²) in [6.45, 7) is 0.610. The summed E-state index contributed by atoms with van der Waals surface area (Å²) in [6, 6.07) is 8.60. The maximum absolute atomic E-state index is 5.78. The van der Waals surface area contributed by atoms with E-state index in [9.17, 15) is 0 Å². The molecule has 2 N–H and O–H groups in total. The summed E-state index contributed by atoms with van der Waals surface area (Å²) < 4.78 is 0. The molecule has 3 rings (SSSR count). The van der Waals surface area contributed by atoms with Gasteiger partial charge in [-0.1, -0.05) is 6.07 Å². The summed E-state index contributed by atoms with van der Waals surface area (Å²) >= 11 is 5.36. The van der Waals surface area contributed by atoms with Crippen molar-refractivity contribution in [3.63, 3.8) is 0 Å². The predicted molar refractivity (Wildman–Crippen MR) is 78.8 cm³/mol. The Balaban J connectivity index is 2.14. The second-order valence-electron chi connectivity index (χ2n) is 3.62. The number of hydrogen-bond donors (Lipinski definition) is 1. The zero-order valence-corrected chi connectivity index (χ0v) is 11.5. The summed E-state index contributed by atoms with van der Waals surface area (Å²) in [6.07, 6.45) is 0. The van der Waals surface area contributed by atoms with Crippen molar-refractivity contribution in [3.05, 3.63) is 46.0 Å². The molecule has 3 heterocycles. The van der Waals surface area contributed by atoms with E-state index in [2.05, 4.69) is 40.4 Å². The van der Waals surface area contributed by atoms with Gasteiger partial charge >= 0.3 is 0 Å². The van der Waals surface area contributed by atoms with Crippen LogP contribution in [0.25, 0.3) is 20.2 Å². The van der Waals surface area contributed by atoms with Crippen molar-refractivity contribution in [3.8, 4) is 20.2 Å². The topological polar surface area (TPSA) is 26.0 Å². The minimum absolute atomic E-state index is 0.610. The predicted octanol–water partition coefficient (Wildman–Crippen LogP) is 4.66. The molecule has 3 aromatic heterocycles. The Labute approximate surface area is 112 Å². The van der Waals surface area contributed by atoms with Gasteiger partial charge in [0.05, 0.1) is 4.88 Å². The minimum atomic E-state index is 0.610. The van der Waals surface area contributed by atoms with Crippen molar-refractivity contribution >= 4 is 34.0 Å². The first-order valence-corrected chi connectivity index (χ1v) is 7.92. The highest BCUT2D eigenvalue weighted by Crippen LogP contribution is 2.42. The number of thiophene rings is 3. The highest BCUT2D eigenvalue weighted by Gasteiger charge is 2.13. The molecule has 0 aromatic carbocycles. The molecular weight excluding hydrogens is 266 g/mol.